The van der Waals surface area contributed by atoms with E-state index in [0.717, 1.165) is 23.4 Å². The second-order valence-corrected chi connectivity index (χ2v) is 5.98. The largest absolute Gasteiger partial charge is 0.352 e. The van der Waals surface area contributed by atoms with Crippen molar-refractivity contribution in [1.82, 2.24) is 14.9 Å². The molecule has 132 valence electrons. The third-order valence-corrected chi connectivity index (χ3v) is 4.10. The van der Waals surface area contributed by atoms with Crippen LogP contribution in [0, 0.1) is 0 Å². The van der Waals surface area contributed by atoms with E-state index in [9.17, 15) is 4.79 Å². The Morgan fingerprint density at radius 1 is 1.12 bits per heavy atom. The Morgan fingerprint density at radius 3 is 2.69 bits per heavy atom. The molecule has 2 aromatic carbocycles. The highest BCUT2D eigenvalue weighted by atomic mass is 16.1. The Labute approximate surface area is 153 Å². The van der Waals surface area contributed by atoms with Crippen LogP contribution in [0.2, 0.25) is 0 Å². The molecule has 3 rings (SSSR count). The minimum absolute atomic E-state index is 0.0702. The van der Waals surface area contributed by atoms with E-state index < -0.39 is 0 Å². The number of allylic oxidation sites excluding steroid dienone is 2. The van der Waals surface area contributed by atoms with Crippen LogP contribution in [0.1, 0.15) is 18.3 Å². The summed E-state index contributed by atoms with van der Waals surface area (Å²) in [6.45, 7) is 3.14. The Bertz CT molecular complexity index is 923. The van der Waals surface area contributed by atoms with Gasteiger partial charge in [0.25, 0.3) is 0 Å². The van der Waals surface area contributed by atoms with Crippen molar-refractivity contribution in [2.45, 2.75) is 19.9 Å². The van der Waals surface area contributed by atoms with Crippen molar-refractivity contribution in [3.05, 3.63) is 84.2 Å². The fraction of sp³-hybridized carbons (Fsp3) is 0.182. The number of para-hydroxylation sites is 2. The van der Waals surface area contributed by atoms with Crippen LogP contribution in [0.4, 0.5) is 0 Å². The van der Waals surface area contributed by atoms with Gasteiger partial charge in [-0.05, 0) is 30.7 Å². The molecule has 1 aromatic heterocycles. The van der Waals surface area contributed by atoms with Gasteiger partial charge in [0.2, 0.25) is 5.91 Å². The molecular weight excluding hydrogens is 322 g/mol. The summed E-state index contributed by atoms with van der Waals surface area (Å²) in [7, 11) is 0. The van der Waals surface area contributed by atoms with Gasteiger partial charge in [0.15, 0.2) is 0 Å². The molecule has 1 amide bonds. The van der Waals surface area contributed by atoms with E-state index >= 15 is 0 Å². The fourth-order valence-electron chi connectivity index (χ4n) is 2.89. The minimum Gasteiger partial charge on any atom is -0.352 e. The number of benzene rings is 2. The average Bonchev–Trinajstić information content (AvgIpc) is 3.01. The summed E-state index contributed by atoms with van der Waals surface area (Å²) >= 11 is 0. The average molecular weight is 345 g/mol. The summed E-state index contributed by atoms with van der Waals surface area (Å²) in [5.41, 5.74) is 3.27. The molecule has 0 atom stereocenters. The maximum Gasteiger partial charge on any atom is 0.243 e. The number of carbonyl (C=O) groups is 1. The molecule has 26 heavy (non-hydrogen) atoms. The number of rotatable bonds is 7. The van der Waals surface area contributed by atoms with Crippen molar-refractivity contribution in [2.24, 2.45) is 0 Å². The van der Waals surface area contributed by atoms with Crippen molar-refractivity contribution in [3.8, 4) is 0 Å². The van der Waals surface area contributed by atoms with Gasteiger partial charge in [-0.2, -0.15) is 0 Å². The number of imidazole rings is 1. The van der Waals surface area contributed by atoms with Crippen LogP contribution in [0.5, 0.6) is 0 Å². The quantitative estimate of drug-likeness (QED) is 0.658. The van der Waals surface area contributed by atoms with Gasteiger partial charge in [0.1, 0.15) is 5.82 Å². The molecule has 4 heteroatoms. The standard InChI is InChI=1S/C22H23N3O/c1-2-9-22(26)23-16-15-21-24-19-13-6-7-14-20(19)25(21)17-8-12-18-10-4-3-5-11-18/h2-14H,15-17H2,1H3,(H,23,26)/b9-2+,12-8+. The topological polar surface area (TPSA) is 46.9 Å². The fourth-order valence-corrected chi connectivity index (χ4v) is 2.89. The zero-order chi connectivity index (χ0) is 18.2. The highest BCUT2D eigenvalue weighted by Gasteiger charge is 2.09. The molecule has 0 saturated heterocycles. The second-order valence-electron chi connectivity index (χ2n) is 5.98. The molecule has 4 nitrogen and oxygen atoms in total. The number of hydrogen-bond donors (Lipinski definition) is 1. The molecule has 1 heterocycles. The first kappa shape index (κ1) is 17.7. The lowest BCUT2D eigenvalue weighted by Crippen LogP contribution is -2.24. The first-order valence-corrected chi connectivity index (χ1v) is 8.84. The molecule has 0 spiro atoms. The van der Waals surface area contributed by atoms with E-state index in [0.29, 0.717) is 13.0 Å². The molecule has 0 aliphatic rings. The number of amides is 1. The van der Waals surface area contributed by atoms with E-state index in [4.69, 9.17) is 4.98 Å². The summed E-state index contributed by atoms with van der Waals surface area (Å²) in [5, 5.41) is 2.89. The van der Waals surface area contributed by atoms with Gasteiger partial charge >= 0.3 is 0 Å². The zero-order valence-corrected chi connectivity index (χ0v) is 14.9. The predicted octanol–water partition coefficient (Wildman–Crippen LogP) is 3.98. The normalized spacial score (nSPS) is 11.6. The van der Waals surface area contributed by atoms with Crippen LogP contribution < -0.4 is 5.32 Å². The van der Waals surface area contributed by atoms with Gasteiger partial charge in [0, 0.05) is 19.5 Å². The van der Waals surface area contributed by atoms with Crippen molar-refractivity contribution in [1.29, 1.82) is 0 Å². The van der Waals surface area contributed by atoms with Crippen molar-refractivity contribution < 1.29 is 4.79 Å². The van der Waals surface area contributed by atoms with E-state index in [2.05, 4.69) is 40.2 Å². The molecule has 0 aliphatic heterocycles. The predicted molar refractivity (Wildman–Crippen MR) is 107 cm³/mol. The second kappa shape index (κ2) is 8.81. The van der Waals surface area contributed by atoms with Crippen molar-refractivity contribution in [3.63, 3.8) is 0 Å². The van der Waals surface area contributed by atoms with Gasteiger partial charge in [-0.3, -0.25) is 4.79 Å². The highest BCUT2D eigenvalue weighted by molar-refractivity contribution is 5.87. The van der Waals surface area contributed by atoms with Crippen LogP contribution >= 0.6 is 0 Å². The molecule has 0 aliphatic carbocycles. The lowest BCUT2D eigenvalue weighted by atomic mass is 10.2. The van der Waals surface area contributed by atoms with Gasteiger partial charge in [-0.25, -0.2) is 4.98 Å². The minimum atomic E-state index is -0.0702. The highest BCUT2D eigenvalue weighted by Crippen LogP contribution is 2.17. The maximum atomic E-state index is 11.6. The number of hydrogen-bond acceptors (Lipinski definition) is 2. The lowest BCUT2D eigenvalue weighted by molar-refractivity contribution is -0.116. The summed E-state index contributed by atoms with van der Waals surface area (Å²) in [6.07, 6.45) is 8.22. The van der Waals surface area contributed by atoms with E-state index in [-0.39, 0.29) is 5.91 Å². The number of nitrogens with one attached hydrogen (secondary N) is 1. The SMILES string of the molecule is C/C=C/C(=O)NCCc1nc2ccccc2n1C/C=C/c1ccccc1. The van der Waals surface area contributed by atoms with Crippen LogP contribution in [-0.2, 0) is 17.8 Å². The smallest absolute Gasteiger partial charge is 0.243 e. The lowest BCUT2D eigenvalue weighted by Gasteiger charge is -2.07. The molecule has 3 aromatic rings. The number of nitrogens with zero attached hydrogens (tertiary/aromatic N) is 2. The summed E-state index contributed by atoms with van der Waals surface area (Å²) < 4.78 is 2.20. The number of fused-ring (bicyclic) bond motifs is 1. The Hall–Kier alpha value is -3.14. The summed E-state index contributed by atoms with van der Waals surface area (Å²) in [6, 6.07) is 18.4. The van der Waals surface area contributed by atoms with Crippen LogP contribution in [-0.4, -0.2) is 22.0 Å². The van der Waals surface area contributed by atoms with E-state index in [1.165, 1.54) is 11.6 Å². The van der Waals surface area contributed by atoms with Crippen LogP contribution in [0.3, 0.4) is 0 Å². The first-order valence-electron chi connectivity index (χ1n) is 8.84. The van der Waals surface area contributed by atoms with E-state index in [1.54, 1.807) is 6.08 Å². The number of carbonyl (C=O) groups excluding carboxylic acids is 1. The molecule has 0 radical (unpaired) electrons. The molecule has 1 N–H and O–H groups in total. The maximum absolute atomic E-state index is 11.6. The molecular formula is C22H23N3O. The Balaban J connectivity index is 1.76. The molecule has 0 unspecified atom stereocenters. The number of aromatic nitrogens is 2. The Kier molecular flexibility index (Phi) is 5.99. The van der Waals surface area contributed by atoms with Gasteiger partial charge < -0.3 is 9.88 Å². The molecule has 0 saturated carbocycles. The van der Waals surface area contributed by atoms with Crippen molar-refractivity contribution in [2.75, 3.05) is 6.54 Å². The van der Waals surface area contributed by atoms with Gasteiger partial charge in [0.05, 0.1) is 11.0 Å². The third kappa shape index (κ3) is 4.48. The molecule has 0 fully saturated rings. The van der Waals surface area contributed by atoms with Crippen LogP contribution in [0.15, 0.2) is 72.8 Å². The first-order chi connectivity index (χ1) is 12.8. The van der Waals surface area contributed by atoms with E-state index in [1.807, 2.05) is 43.3 Å². The third-order valence-electron chi connectivity index (χ3n) is 4.10. The van der Waals surface area contributed by atoms with Gasteiger partial charge in [-0.15, -0.1) is 0 Å². The Morgan fingerprint density at radius 2 is 1.88 bits per heavy atom. The summed E-state index contributed by atoms with van der Waals surface area (Å²) in [5.74, 6) is 0.906. The van der Waals surface area contributed by atoms with Gasteiger partial charge in [-0.1, -0.05) is 60.7 Å². The van der Waals surface area contributed by atoms with Crippen LogP contribution in [0.25, 0.3) is 17.1 Å². The van der Waals surface area contributed by atoms with Crippen molar-refractivity contribution >= 4 is 23.0 Å². The zero-order valence-electron chi connectivity index (χ0n) is 14.9. The monoisotopic (exact) mass is 345 g/mol. The summed E-state index contributed by atoms with van der Waals surface area (Å²) in [4.78, 5) is 16.3. The molecule has 0 bridgehead atoms.